The fourth-order valence-corrected chi connectivity index (χ4v) is 2.78. The van der Waals surface area contributed by atoms with Crippen LogP contribution in [0.25, 0.3) is 0 Å². The molecule has 0 radical (unpaired) electrons. The SMILES string of the molecule is CCSCCCn1cc(S(N)(=O)=O)nc1C(C)C. The number of imidazole rings is 1. The Hall–Kier alpha value is -0.530. The Kier molecular flexibility index (Phi) is 5.68. The molecule has 0 amide bonds. The van der Waals surface area contributed by atoms with Crippen molar-refractivity contribution in [2.24, 2.45) is 5.14 Å². The number of thioether (sulfide) groups is 1. The van der Waals surface area contributed by atoms with E-state index in [1.807, 2.05) is 30.2 Å². The predicted molar refractivity (Wildman–Crippen MR) is 75.3 cm³/mol. The molecule has 0 bridgehead atoms. The number of aromatic nitrogens is 2. The van der Waals surface area contributed by atoms with E-state index in [2.05, 4.69) is 11.9 Å². The first kappa shape index (κ1) is 15.5. The lowest BCUT2D eigenvalue weighted by Crippen LogP contribution is -2.12. The van der Waals surface area contributed by atoms with Gasteiger partial charge in [-0.05, 0) is 17.9 Å². The van der Waals surface area contributed by atoms with E-state index in [0.29, 0.717) is 0 Å². The minimum Gasteiger partial charge on any atom is -0.333 e. The van der Waals surface area contributed by atoms with Gasteiger partial charge in [-0.3, -0.25) is 0 Å². The first-order chi connectivity index (χ1) is 8.36. The van der Waals surface area contributed by atoms with Crippen LogP contribution in [0.1, 0.15) is 38.9 Å². The smallest absolute Gasteiger partial charge is 0.257 e. The van der Waals surface area contributed by atoms with Gasteiger partial charge in [0.05, 0.1) is 0 Å². The van der Waals surface area contributed by atoms with Gasteiger partial charge in [-0.25, -0.2) is 18.5 Å². The Morgan fingerprint density at radius 2 is 2.17 bits per heavy atom. The Labute approximate surface area is 113 Å². The Morgan fingerprint density at radius 1 is 1.50 bits per heavy atom. The molecule has 0 saturated heterocycles. The van der Waals surface area contributed by atoms with E-state index in [-0.39, 0.29) is 10.9 Å². The molecule has 1 aromatic rings. The van der Waals surface area contributed by atoms with Crippen molar-refractivity contribution in [3.63, 3.8) is 0 Å². The zero-order chi connectivity index (χ0) is 13.8. The molecular formula is C11H21N3O2S2. The molecule has 18 heavy (non-hydrogen) atoms. The summed E-state index contributed by atoms with van der Waals surface area (Å²) in [7, 11) is -3.71. The Bertz CT molecular complexity index is 480. The molecule has 0 aromatic carbocycles. The highest BCUT2D eigenvalue weighted by atomic mass is 32.2. The second-order valence-corrected chi connectivity index (χ2v) is 7.28. The van der Waals surface area contributed by atoms with Crippen LogP contribution in [0.3, 0.4) is 0 Å². The monoisotopic (exact) mass is 291 g/mol. The van der Waals surface area contributed by atoms with Crippen LogP contribution in [-0.2, 0) is 16.6 Å². The summed E-state index contributed by atoms with van der Waals surface area (Å²) in [6.07, 6.45) is 2.54. The van der Waals surface area contributed by atoms with Crippen LogP contribution in [0.4, 0.5) is 0 Å². The molecule has 104 valence electrons. The molecular weight excluding hydrogens is 270 g/mol. The Morgan fingerprint density at radius 3 is 2.67 bits per heavy atom. The third-order valence-electron chi connectivity index (χ3n) is 2.49. The summed E-state index contributed by atoms with van der Waals surface area (Å²) in [5, 5.41) is 5.07. The summed E-state index contributed by atoms with van der Waals surface area (Å²) in [6.45, 7) is 6.89. The van der Waals surface area contributed by atoms with Crippen LogP contribution in [0.2, 0.25) is 0 Å². The fraction of sp³-hybridized carbons (Fsp3) is 0.727. The van der Waals surface area contributed by atoms with E-state index in [0.717, 1.165) is 30.3 Å². The third-order valence-corrected chi connectivity index (χ3v) is 4.25. The molecule has 1 heterocycles. The van der Waals surface area contributed by atoms with Gasteiger partial charge in [0.15, 0.2) is 5.03 Å². The first-order valence-corrected chi connectivity index (χ1v) is 8.74. The van der Waals surface area contributed by atoms with Crippen LogP contribution in [-0.4, -0.2) is 29.5 Å². The molecule has 0 aliphatic heterocycles. The predicted octanol–water partition coefficient (Wildman–Crippen LogP) is 1.80. The summed E-state index contributed by atoms with van der Waals surface area (Å²) in [4.78, 5) is 4.12. The van der Waals surface area contributed by atoms with Gasteiger partial charge in [0.2, 0.25) is 0 Å². The number of aryl methyl sites for hydroxylation is 1. The number of rotatable bonds is 7. The normalized spacial score (nSPS) is 12.3. The van der Waals surface area contributed by atoms with Crippen LogP contribution in [0.5, 0.6) is 0 Å². The van der Waals surface area contributed by atoms with Crippen LogP contribution < -0.4 is 5.14 Å². The molecule has 1 aromatic heterocycles. The molecule has 0 aliphatic carbocycles. The summed E-state index contributed by atoms with van der Waals surface area (Å²) in [5.41, 5.74) is 0. The summed E-state index contributed by atoms with van der Waals surface area (Å²) < 4.78 is 24.5. The van der Waals surface area contributed by atoms with Gasteiger partial charge in [-0.1, -0.05) is 20.8 Å². The number of hydrogen-bond acceptors (Lipinski definition) is 4. The van der Waals surface area contributed by atoms with Crippen molar-refractivity contribution in [2.45, 2.75) is 44.7 Å². The van der Waals surface area contributed by atoms with Crippen molar-refractivity contribution in [1.82, 2.24) is 9.55 Å². The van der Waals surface area contributed by atoms with Crippen molar-refractivity contribution in [1.29, 1.82) is 0 Å². The number of nitrogens with zero attached hydrogens (tertiary/aromatic N) is 2. The van der Waals surface area contributed by atoms with E-state index in [1.54, 1.807) is 6.20 Å². The summed E-state index contributed by atoms with van der Waals surface area (Å²) in [6, 6.07) is 0. The van der Waals surface area contributed by atoms with Gasteiger partial charge < -0.3 is 4.57 Å². The average molecular weight is 291 g/mol. The Balaban J connectivity index is 2.85. The highest BCUT2D eigenvalue weighted by Gasteiger charge is 2.17. The molecule has 0 unspecified atom stereocenters. The first-order valence-electron chi connectivity index (χ1n) is 6.03. The van der Waals surface area contributed by atoms with Crippen LogP contribution >= 0.6 is 11.8 Å². The maximum atomic E-state index is 11.3. The van der Waals surface area contributed by atoms with Gasteiger partial charge in [-0.15, -0.1) is 0 Å². The van der Waals surface area contributed by atoms with Gasteiger partial charge in [0.25, 0.3) is 10.0 Å². The van der Waals surface area contributed by atoms with E-state index < -0.39 is 10.0 Å². The number of nitrogens with two attached hydrogens (primary N) is 1. The molecule has 0 saturated carbocycles. The minimum absolute atomic E-state index is 0.0330. The largest absolute Gasteiger partial charge is 0.333 e. The molecule has 1 rings (SSSR count). The van der Waals surface area contributed by atoms with Gasteiger partial charge in [0, 0.05) is 18.7 Å². The highest BCUT2D eigenvalue weighted by Crippen LogP contribution is 2.17. The summed E-state index contributed by atoms with van der Waals surface area (Å²) >= 11 is 1.88. The lowest BCUT2D eigenvalue weighted by molar-refractivity contribution is 0.594. The fourth-order valence-electron chi connectivity index (χ4n) is 1.66. The maximum absolute atomic E-state index is 11.3. The second kappa shape index (κ2) is 6.58. The van der Waals surface area contributed by atoms with Gasteiger partial charge in [-0.2, -0.15) is 11.8 Å². The van der Waals surface area contributed by atoms with E-state index in [4.69, 9.17) is 5.14 Å². The van der Waals surface area contributed by atoms with Crippen molar-refractivity contribution in [3.05, 3.63) is 12.0 Å². The topological polar surface area (TPSA) is 78.0 Å². The molecule has 0 spiro atoms. The van der Waals surface area contributed by atoms with Gasteiger partial charge >= 0.3 is 0 Å². The molecule has 7 heteroatoms. The highest BCUT2D eigenvalue weighted by molar-refractivity contribution is 7.99. The second-order valence-electron chi connectivity index (χ2n) is 4.38. The number of sulfonamides is 1. The van der Waals surface area contributed by atoms with Gasteiger partial charge in [0.1, 0.15) is 5.82 Å². The zero-order valence-electron chi connectivity index (χ0n) is 11.1. The lowest BCUT2D eigenvalue weighted by atomic mass is 10.2. The van der Waals surface area contributed by atoms with E-state index in [9.17, 15) is 8.42 Å². The molecule has 2 N–H and O–H groups in total. The molecule has 0 aliphatic rings. The van der Waals surface area contributed by atoms with Crippen molar-refractivity contribution < 1.29 is 8.42 Å². The van der Waals surface area contributed by atoms with Crippen molar-refractivity contribution in [2.75, 3.05) is 11.5 Å². The quantitative estimate of drug-likeness (QED) is 0.777. The number of hydrogen-bond donors (Lipinski definition) is 1. The van der Waals surface area contributed by atoms with E-state index in [1.165, 1.54) is 0 Å². The maximum Gasteiger partial charge on any atom is 0.257 e. The summed E-state index contributed by atoms with van der Waals surface area (Å²) in [5.74, 6) is 3.13. The molecule has 0 atom stereocenters. The van der Waals surface area contributed by atoms with Crippen molar-refractivity contribution in [3.8, 4) is 0 Å². The third kappa shape index (κ3) is 4.29. The van der Waals surface area contributed by atoms with Crippen LogP contribution in [0.15, 0.2) is 11.2 Å². The van der Waals surface area contributed by atoms with Crippen molar-refractivity contribution >= 4 is 21.8 Å². The molecule has 0 fully saturated rings. The zero-order valence-corrected chi connectivity index (χ0v) is 12.7. The minimum atomic E-state index is -3.71. The lowest BCUT2D eigenvalue weighted by Gasteiger charge is -2.09. The molecule has 5 nitrogen and oxygen atoms in total. The standard InChI is InChI=1S/C11H21N3O2S2/c1-4-17-7-5-6-14-8-10(18(12,15)16)13-11(14)9(2)3/h8-9H,4-7H2,1-3H3,(H2,12,15,16). The van der Waals surface area contributed by atoms with Crippen LogP contribution in [0, 0.1) is 0 Å². The van der Waals surface area contributed by atoms with E-state index >= 15 is 0 Å². The number of primary sulfonamides is 1. The average Bonchev–Trinajstić information content (AvgIpc) is 2.68.